The van der Waals surface area contributed by atoms with Crippen molar-refractivity contribution in [1.82, 2.24) is 4.68 Å². The number of amides is 1. The molecule has 0 radical (unpaired) electrons. The van der Waals surface area contributed by atoms with E-state index in [9.17, 15) is 4.79 Å². The number of rotatable bonds is 5. The number of carbonyl (C=O) groups excluding carboxylic acids is 1. The highest BCUT2D eigenvalue weighted by atomic mass is 16.2. The van der Waals surface area contributed by atoms with Crippen molar-refractivity contribution in [3.8, 4) is 0 Å². The minimum Gasteiger partial charge on any atom is -0.330 e. The van der Waals surface area contributed by atoms with Gasteiger partial charge in [0.15, 0.2) is 0 Å². The molecule has 1 heterocycles. The van der Waals surface area contributed by atoms with Gasteiger partial charge in [-0.2, -0.15) is 0 Å². The molecule has 0 bridgehead atoms. The highest BCUT2D eigenvalue weighted by Crippen LogP contribution is 2.05. The molecule has 3 N–H and O–H groups in total. The maximum atomic E-state index is 11.5. The van der Waals surface area contributed by atoms with Crippen LogP contribution >= 0.6 is 0 Å². The number of hydrogen-bond acceptors (Lipinski definition) is 2. The number of carbonyl (C=O) groups is 1. The average molecular weight is 195 g/mol. The van der Waals surface area contributed by atoms with Gasteiger partial charge in [-0.25, -0.2) is 0 Å². The van der Waals surface area contributed by atoms with Crippen molar-refractivity contribution in [1.29, 1.82) is 0 Å². The third kappa shape index (κ3) is 3.22. The lowest BCUT2D eigenvalue weighted by atomic mass is 10.1. The highest BCUT2D eigenvalue weighted by Gasteiger charge is 2.11. The largest absolute Gasteiger partial charge is 0.330 e. The zero-order chi connectivity index (χ0) is 10.4. The normalized spacial score (nSPS) is 12.4. The fraction of sp³-hybridized carbons (Fsp3) is 0.500. The van der Waals surface area contributed by atoms with Gasteiger partial charge in [-0.1, -0.05) is 6.92 Å². The summed E-state index contributed by atoms with van der Waals surface area (Å²) in [6.07, 6.45) is 5.32. The molecule has 1 unspecified atom stereocenters. The Kier molecular flexibility index (Phi) is 4.19. The van der Waals surface area contributed by atoms with Gasteiger partial charge in [0.2, 0.25) is 5.91 Å². The maximum absolute atomic E-state index is 11.5. The van der Waals surface area contributed by atoms with Crippen molar-refractivity contribution in [2.45, 2.75) is 19.8 Å². The van der Waals surface area contributed by atoms with E-state index >= 15 is 0 Å². The molecule has 14 heavy (non-hydrogen) atoms. The number of nitrogens with one attached hydrogen (secondary N) is 1. The minimum atomic E-state index is 0.0148. The Balaban J connectivity index is 2.34. The first-order chi connectivity index (χ1) is 6.74. The van der Waals surface area contributed by atoms with Crippen molar-refractivity contribution in [2.24, 2.45) is 11.7 Å². The zero-order valence-corrected chi connectivity index (χ0v) is 8.44. The summed E-state index contributed by atoms with van der Waals surface area (Å²) in [6, 6.07) is 3.73. The first-order valence-corrected chi connectivity index (χ1v) is 4.88. The van der Waals surface area contributed by atoms with E-state index in [1.165, 1.54) is 0 Å². The maximum Gasteiger partial charge on any atom is 0.241 e. The Labute approximate surface area is 84.1 Å². The van der Waals surface area contributed by atoms with Gasteiger partial charge in [0, 0.05) is 18.3 Å². The molecule has 0 aliphatic rings. The molecule has 0 saturated heterocycles. The van der Waals surface area contributed by atoms with E-state index < -0.39 is 0 Å². The molecule has 4 nitrogen and oxygen atoms in total. The Morgan fingerprint density at radius 1 is 1.50 bits per heavy atom. The fourth-order valence-electron chi connectivity index (χ4n) is 1.20. The molecular weight excluding hydrogens is 178 g/mol. The van der Waals surface area contributed by atoms with Crippen LogP contribution in [0, 0.1) is 5.92 Å². The van der Waals surface area contributed by atoms with Crippen LogP contribution in [-0.4, -0.2) is 17.1 Å². The molecule has 0 aromatic carbocycles. The van der Waals surface area contributed by atoms with E-state index in [1.807, 2.05) is 19.1 Å². The summed E-state index contributed by atoms with van der Waals surface area (Å²) in [4.78, 5) is 11.5. The third-order valence-electron chi connectivity index (χ3n) is 2.13. The van der Waals surface area contributed by atoms with Crippen LogP contribution in [0.15, 0.2) is 24.5 Å². The second-order valence-electron chi connectivity index (χ2n) is 3.40. The van der Waals surface area contributed by atoms with Gasteiger partial charge in [-0.05, 0) is 31.5 Å². The second kappa shape index (κ2) is 5.44. The molecule has 0 fully saturated rings. The standard InChI is InChI=1S/C10H17N3O/c1-9(5-4-6-11)10(14)12-13-7-2-3-8-13/h2-3,7-9H,4-6,11H2,1H3,(H,12,14). The Morgan fingerprint density at radius 3 is 2.71 bits per heavy atom. The van der Waals surface area contributed by atoms with Crippen molar-refractivity contribution in [3.63, 3.8) is 0 Å². The Morgan fingerprint density at radius 2 is 2.14 bits per heavy atom. The third-order valence-corrected chi connectivity index (χ3v) is 2.13. The summed E-state index contributed by atoms with van der Waals surface area (Å²) < 4.78 is 1.65. The van der Waals surface area contributed by atoms with Gasteiger partial charge in [-0.15, -0.1) is 0 Å². The quantitative estimate of drug-likeness (QED) is 0.734. The van der Waals surface area contributed by atoms with Gasteiger partial charge in [0.1, 0.15) is 0 Å². The molecule has 0 aliphatic carbocycles. The van der Waals surface area contributed by atoms with Gasteiger partial charge >= 0.3 is 0 Å². The predicted molar refractivity (Wildman–Crippen MR) is 56.3 cm³/mol. The molecule has 0 saturated carbocycles. The fourth-order valence-corrected chi connectivity index (χ4v) is 1.20. The molecule has 1 aromatic heterocycles. The van der Waals surface area contributed by atoms with Crippen LogP contribution in [0.1, 0.15) is 19.8 Å². The number of nitrogens with two attached hydrogens (primary N) is 1. The molecule has 1 rings (SSSR count). The summed E-state index contributed by atoms with van der Waals surface area (Å²) >= 11 is 0. The molecule has 1 atom stereocenters. The lowest BCUT2D eigenvalue weighted by molar-refractivity contribution is -0.120. The van der Waals surface area contributed by atoms with Gasteiger partial charge in [-0.3, -0.25) is 14.9 Å². The molecular formula is C10H17N3O. The number of nitrogens with zero attached hydrogens (tertiary/aromatic N) is 1. The van der Waals surface area contributed by atoms with E-state index in [0.29, 0.717) is 6.54 Å². The predicted octanol–water partition coefficient (Wildman–Crippen LogP) is 0.933. The smallest absolute Gasteiger partial charge is 0.241 e. The summed E-state index contributed by atoms with van der Waals surface area (Å²) in [5.41, 5.74) is 8.14. The second-order valence-corrected chi connectivity index (χ2v) is 3.40. The summed E-state index contributed by atoms with van der Waals surface area (Å²) in [5.74, 6) is 0.0515. The van der Waals surface area contributed by atoms with Crippen LogP contribution in [0.5, 0.6) is 0 Å². The van der Waals surface area contributed by atoms with Gasteiger partial charge in [0.25, 0.3) is 0 Å². The minimum absolute atomic E-state index is 0.0148. The van der Waals surface area contributed by atoms with Crippen molar-refractivity contribution < 1.29 is 4.79 Å². The summed E-state index contributed by atoms with van der Waals surface area (Å²) in [7, 11) is 0. The first kappa shape index (κ1) is 10.8. The topological polar surface area (TPSA) is 60.1 Å². The summed E-state index contributed by atoms with van der Waals surface area (Å²) in [6.45, 7) is 2.55. The highest BCUT2D eigenvalue weighted by molar-refractivity contribution is 5.85. The van der Waals surface area contributed by atoms with Crippen molar-refractivity contribution in [3.05, 3.63) is 24.5 Å². The van der Waals surface area contributed by atoms with Crippen LogP contribution in [0.3, 0.4) is 0 Å². The van der Waals surface area contributed by atoms with Crippen LogP contribution in [0.4, 0.5) is 0 Å². The molecule has 0 spiro atoms. The monoisotopic (exact) mass is 195 g/mol. The number of hydrogen-bond donors (Lipinski definition) is 2. The van der Waals surface area contributed by atoms with Crippen LogP contribution in [-0.2, 0) is 4.79 Å². The average Bonchev–Trinajstić information content (AvgIpc) is 2.66. The van der Waals surface area contributed by atoms with Crippen LogP contribution in [0.25, 0.3) is 0 Å². The molecule has 78 valence electrons. The summed E-state index contributed by atoms with van der Waals surface area (Å²) in [5, 5.41) is 0. The first-order valence-electron chi connectivity index (χ1n) is 4.88. The number of aromatic nitrogens is 1. The molecule has 0 aliphatic heterocycles. The van der Waals surface area contributed by atoms with E-state index in [-0.39, 0.29) is 11.8 Å². The van der Waals surface area contributed by atoms with E-state index in [1.54, 1.807) is 17.1 Å². The van der Waals surface area contributed by atoms with Gasteiger partial charge in [0.05, 0.1) is 0 Å². The Bertz CT molecular complexity index is 269. The lowest BCUT2D eigenvalue weighted by Gasteiger charge is -2.11. The lowest BCUT2D eigenvalue weighted by Crippen LogP contribution is -2.27. The van der Waals surface area contributed by atoms with Crippen molar-refractivity contribution in [2.75, 3.05) is 12.0 Å². The molecule has 1 amide bonds. The SMILES string of the molecule is CC(CCCN)C(=O)Nn1cccc1. The molecule has 4 heteroatoms. The van der Waals surface area contributed by atoms with E-state index in [4.69, 9.17) is 5.73 Å². The van der Waals surface area contributed by atoms with Gasteiger partial charge < -0.3 is 5.73 Å². The van der Waals surface area contributed by atoms with E-state index in [2.05, 4.69) is 5.43 Å². The van der Waals surface area contributed by atoms with E-state index in [0.717, 1.165) is 12.8 Å². The zero-order valence-electron chi connectivity index (χ0n) is 8.44. The van der Waals surface area contributed by atoms with Crippen molar-refractivity contribution >= 4 is 5.91 Å². The Hall–Kier alpha value is -1.29. The van der Waals surface area contributed by atoms with Crippen LogP contribution < -0.4 is 11.2 Å². The van der Waals surface area contributed by atoms with Crippen LogP contribution in [0.2, 0.25) is 0 Å². The molecule has 1 aromatic rings.